The Labute approximate surface area is 198 Å². The number of aromatic nitrogens is 4. The summed E-state index contributed by atoms with van der Waals surface area (Å²) in [6, 6.07) is 2.90. The SMILES string of the molecule is Cc1nsc(Nc2cnc(C(F)(F)F)cn2)c1C(=O)Nc1ccc(OCCNCC(F)(F)F)nc1. The van der Waals surface area contributed by atoms with Gasteiger partial charge in [0.25, 0.3) is 5.91 Å². The van der Waals surface area contributed by atoms with Crippen molar-refractivity contribution in [2.45, 2.75) is 19.3 Å². The van der Waals surface area contributed by atoms with Crippen LogP contribution >= 0.6 is 11.5 Å². The number of anilines is 3. The highest BCUT2D eigenvalue weighted by molar-refractivity contribution is 7.10. The van der Waals surface area contributed by atoms with Crippen molar-refractivity contribution in [3.8, 4) is 5.88 Å². The molecule has 3 N–H and O–H groups in total. The quantitative estimate of drug-likeness (QED) is 0.284. The van der Waals surface area contributed by atoms with E-state index in [2.05, 4.69) is 35.3 Å². The van der Waals surface area contributed by atoms with E-state index in [1.54, 1.807) is 6.92 Å². The van der Waals surface area contributed by atoms with Crippen LogP contribution in [0.2, 0.25) is 0 Å². The second kappa shape index (κ2) is 10.8. The Balaban J connectivity index is 1.58. The summed E-state index contributed by atoms with van der Waals surface area (Å²) >= 11 is 0.913. The van der Waals surface area contributed by atoms with Crippen LogP contribution in [0, 0.1) is 6.92 Å². The summed E-state index contributed by atoms with van der Waals surface area (Å²) in [6.07, 6.45) is -6.19. The molecule has 3 heterocycles. The van der Waals surface area contributed by atoms with E-state index in [4.69, 9.17) is 4.74 Å². The molecule has 0 bridgehead atoms. The molecule has 0 aliphatic heterocycles. The van der Waals surface area contributed by atoms with E-state index in [0.29, 0.717) is 17.6 Å². The number of alkyl halides is 6. The van der Waals surface area contributed by atoms with Crippen molar-refractivity contribution in [1.29, 1.82) is 0 Å². The fourth-order valence-electron chi connectivity index (χ4n) is 2.57. The molecule has 0 atom stereocenters. The van der Waals surface area contributed by atoms with Gasteiger partial charge in [0.1, 0.15) is 17.4 Å². The summed E-state index contributed by atoms with van der Waals surface area (Å²) in [7, 11) is 0. The topological polar surface area (TPSA) is 114 Å². The first-order valence-electron chi connectivity index (χ1n) is 9.72. The number of aryl methyl sites for hydroxylation is 1. The predicted octanol–water partition coefficient (Wildman–Crippen LogP) is 4.18. The molecule has 35 heavy (non-hydrogen) atoms. The number of rotatable bonds is 9. The Morgan fingerprint density at radius 2 is 1.83 bits per heavy atom. The number of carbonyl (C=O) groups is 1. The van der Waals surface area contributed by atoms with Crippen molar-refractivity contribution in [1.82, 2.24) is 24.6 Å². The van der Waals surface area contributed by atoms with E-state index >= 15 is 0 Å². The highest BCUT2D eigenvalue weighted by Crippen LogP contribution is 2.30. The van der Waals surface area contributed by atoms with Crippen LogP contribution in [0.3, 0.4) is 0 Å². The maximum absolute atomic E-state index is 12.8. The third kappa shape index (κ3) is 7.74. The summed E-state index contributed by atoms with van der Waals surface area (Å²) in [5, 5.41) is 7.77. The van der Waals surface area contributed by atoms with Gasteiger partial charge in [-0.05, 0) is 24.5 Å². The molecule has 3 aromatic heterocycles. The zero-order chi connectivity index (χ0) is 25.6. The van der Waals surface area contributed by atoms with Crippen LogP contribution in [-0.2, 0) is 6.18 Å². The maximum atomic E-state index is 12.8. The van der Waals surface area contributed by atoms with Crippen LogP contribution in [0.5, 0.6) is 5.88 Å². The lowest BCUT2D eigenvalue weighted by atomic mass is 10.2. The van der Waals surface area contributed by atoms with E-state index < -0.39 is 30.5 Å². The molecule has 0 radical (unpaired) electrons. The lowest BCUT2D eigenvalue weighted by Gasteiger charge is -2.10. The average Bonchev–Trinajstić information content (AvgIpc) is 3.13. The molecule has 0 fully saturated rings. The molecular formula is C19H17F6N7O2S. The van der Waals surface area contributed by atoms with Crippen molar-refractivity contribution < 1.29 is 35.9 Å². The largest absolute Gasteiger partial charge is 0.476 e. The molecule has 3 aromatic rings. The normalized spacial score (nSPS) is 11.9. The van der Waals surface area contributed by atoms with Gasteiger partial charge in [0.15, 0.2) is 5.69 Å². The van der Waals surface area contributed by atoms with Crippen LogP contribution in [-0.4, -0.2) is 51.1 Å². The van der Waals surface area contributed by atoms with Gasteiger partial charge in [-0.25, -0.2) is 15.0 Å². The smallest absolute Gasteiger partial charge is 0.434 e. The zero-order valence-corrected chi connectivity index (χ0v) is 18.6. The summed E-state index contributed by atoms with van der Waals surface area (Å²) < 4.78 is 83.5. The summed E-state index contributed by atoms with van der Waals surface area (Å²) in [6.45, 7) is 0.366. The zero-order valence-electron chi connectivity index (χ0n) is 17.8. The molecule has 0 aliphatic rings. The highest BCUT2D eigenvalue weighted by Gasteiger charge is 2.33. The predicted molar refractivity (Wildman–Crippen MR) is 114 cm³/mol. The standard InChI is InChI=1S/C19H17F6N7O2S/c1-10-15(17(35-32-10)31-13-8-27-12(7-28-13)19(23,24)25)16(33)30-11-2-3-14(29-6-11)34-5-4-26-9-18(20,21)22/h2-3,6-8,26H,4-5,9H2,1H3,(H,28,31)(H,30,33). The minimum Gasteiger partial charge on any atom is -0.476 e. The van der Waals surface area contributed by atoms with Crippen LogP contribution in [0.15, 0.2) is 30.7 Å². The van der Waals surface area contributed by atoms with Crippen molar-refractivity contribution in [3.63, 3.8) is 0 Å². The van der Waals surface area contributed by atoms with E-state index in [1.807, 2.05) is 0 Å². The van der Waals surface area contributed by atoms with Gasteiger partial charge >= 0.3 is 12.4 Å². The number of pyridine rings is 1. The number of halogens is 6. The number of hydrogen-bond acceptors (Lipinski definition) is 9. The minimum atomic E-state index is -4.63. The van der Waals surface area contributed by atoms with Crippen LogP contribution in [0.1, 0.15) is 21.7 Å². The summed E-state index contributed by atoms with van der Waals surface area (Å²) in [4.78, 5) is 23.7. The molecule has 0 saturated carbocycles. The Morgan fingerprint density at radius 1 is 1.06 bits per heavy atom. The van der Waals surface area contributed by atoms with E-state index in [0.717, 1.165) is 17.7 Å². The number of ether oxygens (including phenoxy) is 1. The molecule has 16 heteroatoms. The molecule has 188 valence electrons. The lowest BCUT2D eigenvalue weighted by Crippen LogP contribution is -2.31. The number of amides is 1. The van der Waals surface area contributed by atoms with Gasteiger partial charge in [-0.1, -0.05) is 0 Å². The van der Waals surface area contributed by atoms with Gasteiger partial charge in [0, 0.05) is 12.6 Å². The molecule has 0 aliphatic carbocycles. The van der Waals surface area contributed by atoms with Crippen molar-refractivity contribution in [2.24, 2.45) is 0 Å². The number of nitrogens with zero attached hydrogens (tertiary/aromatic N) is 4. The fraction of sp³-hybridized carbons (Fsp3) is 0.316. The third-order valence-corrected chi connectivity index (χ3v) is 4.98. The summed E-state index contributed by atoms with van der Waals surface area (Å²) in [5.41, 5.74) is -0.343. The molecule has 0 aromatic carbocycles. The number of nitrogens with one attached hydrogen (secondary N) is 3. The van der Waals surface area contributed by atoms with Crippen LogP contribution in [0.25, 0.3) is 0 Å². The first kappa shape index (κ1) is 26.1. The van der Waals surface area contributed by atoms with Crippen LogP contribution in [0.4, 0.5) is 42.8 Å². The lowest BCUT2D eigenvalue weighted by molar-refractivity contribution is -0.141. The van der Waals surface area contributed by atoms with Gasteiger partial charge in [-0.2, -0.15) is 30.7 Å². The monoisotopic (exact) mass is 521 g/mol. The second-order valence-corrected chi connectivity index (χ2v) is 7.63. The minimum absolute atomic E-state index is 0.0106. The van der Waals surface area contributed by atoms with E-state index in [9.17, 15) is 31.1 Å². The van der Waals surface area contributed by atoms with Gasteiger partial charge in [-0.15, -0.1) is 0 Å². The number of carbonyl (C=O) groups excluding carboxylic acids is 1. The number of hydrogen-bond donors (Lipinski definition) is 3. The fourth-order valence-corrected chi connectivity index (χ4v) is 3.37. The molecular weight excluding hydrogens is 504 g/mol. The van der Waals surface area contributed by atoms with Crippen LogP contribution < -0.4 is 20.7 Å². The maximum Gasteiger partial charge on any atom is 0.434 e. The Hall–Kier alpha value is -3.53. The molecule has 0 saturated heterocycles. The highest BCUT2D eigenvalue weighted by atomic mass is 32.1. The average molecular weight is 521 g/mol. The summed E-state index contributed by atoms with van der Waals surface area (Å²) in [5.74, 6) is -0.428. The van der Waals surface area contributed by atoms with Gasteiger partial charge in [0.05, 0.1) is 42.1 Å². The Morgan fingerprint density at radius 3 is 2.43 bits per heavy atom. The van der Waals surface area contributed by atoms with Crippen molar-refractivity contribution in [3.05, 3.63) is 47.7 Å². The third-order valence-electron chi connectivity index (χ3n) is 4.12. The molecule has 9 nitrogen and oxygen atoms in total. The van der Waals surface area contributed by atoms with Gasteiger partial charge in [0.2, 0.25) is 5.88 Å². The van der Waals surface area contributed by atoms with E-state index in [1.165, 1.54) is 18.3 Å². The molecule has 0 unspecified atom stereocenters. The van der Waals surface area contributed by atoms with Gasteiger partial charge < -0.3 is 20.7 Å². The molecule has 1 amide bonds. The van der Waals surface area contributed by atoms with Crippen molar-refractivity contribution in [2.75, 3.05) is 30.3 Å². The first-order valence-corrected chi connectivity index (χ1v) is 10.5. The second-order valence-electron chi connectivity index (χ2n) is 6.86. The van der Waals surface area contributed by atoms with Crippen molar-refractivity contribution >= 4 is 33.9 Å². The Bertz CT molecular complexity index is 1130. The Kier molecular flexibility index (Phi) is 8.06. The first-order chi connectivity index (χ1) is 16.4. The molecule has 3 rings (SSSR count). The van der Waals surface area contributed by atoms with Gasteiger partial charge in [-0.3, -0.25) is 4.79 Å². The van der Waals surface area contributed by atoms with E-state index in [-0.39, 0.29) is 35.4 Å². The molecule has 0 spiro atoms.